The molecule has 0 aliphatic carbocycles. The van der Waals surface area contributed by atoms with Gasteiger partial charge in [-0.3, -0.25) is 4.79 Å². The molecule has 1 saturated heterocycles. The molecule has 21 heavy (non-hydrogen) atoms. The Morgan fingerprint density at radius 3 is 2.81 bits per heavy atom. The van der Waals surface area contributed by atoms with Gasteiger partial charge in [0.2, 0.25) is 15.9 Å². The first kappa shape index (κ1) is 15.8. The number of halogens is 1. The molecule has 1 heterocycles. The highest BCUT2D eigenvalue weighted by molar-refractivity contribution is 7.89. The van der Waals surface area contributed by atoms with Gasteiger partial charge in [0.15, 0.2) is 0 Å². The fraction of sp³-hybridized carbons (Fsp3) is 0.308. The molecule has 0 spiro atoms. The average Bonchev–Trinajstić information content (AvgIpc) is 2.45. The Labute approximate surface area is 127 Å². The van der Waals surface area contributed by atoms with Crippen molar-refractivity contribution in [1.82, 2.24) is 9.62 Å². The number of nitrogens with zero attached hydrogens (tertiary/aromatic N) is 1. The normalized spacial score (nSPS) is 16.0. The van der Waals surface area contributed by atoms with Gasteiger partial charge in [-0.1, -0.05) is 23.4 Å². The Morgan fingerprint density at radius 2 is 2.19 bits per heavy atom. The molecule has 1 aliphatic heterocycles. The molecule has 0 unspecified atom stereocenters. The highest BCUT2D eigenvalue weighted by atomic mass is 35.5. The molecule has 0 atom stereocenters. The van der Waals surface area contributed by atoms with Crippen LogP contribution in [0.25, 0.3) is 0 Å². The average molecular weight is 329 g/mol. The molecule has 1 fully saturated rings. The SMILES string of the molecule is O=C1CN(S(=O)(=O)c2ccc(C#CCO)cc2Cl)CCN1. The van der Waals surface area contributed by atoms with Crippen LogP contribution in [0, 0.1) is 11.8 Å². The predicted molar refractivity (Wildman–Crippen MR) is 77.2 cm³/mol. The summed E-state index contributed by atoms with van der Waals surface area (Å²) >= 11 is 6.01. The minimum Gasteiger partial charge on any atom is -0.384 e. The van der Waals surface area contributed by atoms with Crippen LogP contribution in [-0.2, 0) is 14.8 Å². The van der Waals surface area contributed by atoms with Crippen molar-refractivity contribution < 1.29 is 18.3 Å². The summed E-state index contributed by atoms with van der Waals surface area (Å²) in [7, 11) is -3.82. The lowest BCUT2D eigenvalue weighted by molar-refractivity contribution is -0.122. The lowest BCUT2D eigenvalue weighted by Gasteiger charge is -2.26. The van der Waals surface area contributed by atoms with Crippen molar-refractivity contribution in [1.29, 1.82) is 0 Å². The van der Waals surface area contributed by atoms with E-state index in [9.17, 15) is 13.2 Å². The second-order valence-electron chi connectivity index (χ2n) is 4.29. The van der Waals surface area contributed by atoms with Crippen LogP contribution >= 0.6 is 11.6 Å². The summed E-state index contributed by atoms with van der Waals surface area (Å²) in [6.07, 6.45) is 0. The summed E-state index contributed by atoms with van der Waals surface area (Å²) in [6, 6.07) is 4.28. The van der Waals surface area contributed by atoms with Gasteiger partial charge in [0, 0.05) is 18.7 Å². The maximum Gasteiger partial charge on any atom is 0.245 e. The summed E-state index contributed by atoms with van der Waals surface area (Å²) in [5.74, 6) is 4.76. The monoisotopic (exact) mass is 328 g/mol. The molecule has 0 radical (unpaired) electrons. The number of nitrogens with one attached hydrogen (secondary N) is 1. The Hall–Kier alpha value is -1.59. The molecular formula is C13H13ClN2O4S. The quantitative estimate of drug-likeness (QED) is 0.736. The molecular weight excluding hydrogens is 316 g/mol. The van der Waals surface area contributed by atoms with Crippen molar-refractivity contribution in [3.05, 3.63) is 28.8 Å². The fourth-order valence-electron chi connectivity index (χ4n) is 1.89. The van der Waals surface area contributed by atoms with Crippen molar-refractivity contribution in [3.63, 3.8) is 0 Å². The maximum absolute atomic E-state index is 12.5. The molecule has 1 amide bonds. The van der Waals surface area contributed by atoms with Crippen molar-refractivity contribution in [3.8, 4) is 11.8 Å². The van der Waals surface area contributed by atoms with Gasteiger partial charge in [-0.05, 0) is 18.2 Å². The van der Waals surface area contributed by atoms with E-state index >= 15 is 0 Å². The largest absolute Gasteiger partial charge is 0.384 e. The van der Waals surface area contributed by atoms with E-state index in [-0.39, 0.29) is 42.1 Å². The molecule has 1 aromatic rings. The van der Waals surface area contributed by atoms with Crippen molar-refractivity contribution in [2.45, 2.75) is 4.90 Å². The van der Waals surface area contributed by atoms with E-state index in [0.717, 1.165) is 4.31 Å². The number of benzene rings is 1. The molecule has 2 N–H and O–H groups in total. The van der Waals surface area contributed by atoms with Gasteiger partial charge in [-0.2, -0.15) is 4.31 Å². The summed E-state index contributed by atoms with van der Waals surface area (Å²) < 4.78 is 26.0. The maximum atomic E-state index is 12.5. The highest BCUT2D eigenvalue weighted by Crippen LogP contribution is 2.25. The number of amides is 1. The second-order valence-corrected chi connectivity index (χ2v) is 6.61. The molecule has 6 nitrogen and oxygen atoms in total. The van der Waals surface area contributed by atoms with Gasteiger partial charge < -0.3 is 10.4 Å². The number of hydrogen-bond donors (Lipinski definition) is 2. The van der Waals surface area contributed by atoms with Crippen LogP contribution in [0.15, 0.2) is 23.1 Å². The van der Waals surface area contributed by atoms with Crippen LogP contribution in [0.2, 0.25) is 5.02 Å². The summed E-state index contributed by atoms with van der Waals surface area (Å²) in [5.41, 5.74) is 0.504. The Kier molecular flexibility index (Phi) is 4.85. The Bertz CT molecular complexity index is 721. The van der Waals surface area contributed by atoms with Gasteiger partial charge in [0.05, 0.1) is 11.6 Å². The molecule has 1 aromatic carbocycles. The van der Waals surface area contributed by atoms with Gasteiger partial charge in [-0.25, -0.2) is 8.42 Å². The van der Waals surface area contributed by atoms with Crippen LogP contribution in [-0.4, -0.2) is 50.0 Å². The van der Waals surface area contributed by atoms with E-state index in [4.69, 9.17) is 16.7 Å². The number of piperazine rings is 1. The minimum atomic E-state index is -3.82. The van der Waals surface area contributed by atoms with Gasteiger partial charge in [0.1, 0.15) is 11.5 Å². The third kappa shape index (κ3) is 3.54. The summed E-state index contributed by atoms with van der Waals surface area (Å²) in [5, 5.41) is 11.2. The molecule has 1 aliphatic rings. The number of hydrogen-bond acceptors (Lipinski definition) is 4. The summed E-state index contributed by atoms with van der Waals surface area (Å²) in [6.45, 7) is -0.0303. The van der Waals surface area contributed by atoms with Gasteiger partial charge >= 0.3 is 0 Å². The number of carbonyl (C=O) groups is 1. The third-order valence-electron chi connectivity index (χ3n) is 2.86. The van der Waals surface area contributed by atoms with Crippen LogP contribution in [0.1, 0.15) is 5.56 Å². The molecule has 0 saturated carbocycles. The first-order valence-corrected chi connectivity index (χ1v) is 7.93. The van der Waals surface area contributed by atoms with E-state index in [1.165, 1.54) is 18.2 Å². The van der Waals surface area contributed by atoms with Gasteiger partial charge in [-0.15, -0.1) is 0 Å². The molecule has 8 heteroatoms. The predicted octanol–water partition coefficient (Wildman–Crippen LogP) is -0.196. The van der Waals surface area contributed by atoms with E-state index in [0.29, 0.717) is 5.56 Å². The Morgan fingerprint density at radius 1 is 1.43 bits per heavy atom. The zero-order valence-corrected chi connectivity index (χ0v) is 12.5. The number of sulfonamides is 1. The number of rotatable bonds is 2. The molecule has 2 rings (SSSR count). The highest BCUT2D eigenvalue weighted by Gasteiger charge is 2.30. The van der Waals surface area contributed by atoms with Crippen molar-refractivity contribution >= 4 is 27.5 Å². The lowest BCUT2D eigenvalue weighted by Crippen LogP contribution is -2.49. The van der Waals surface area contributed by atoms with Crippen LogP contribution in [0.5, 0.6) is 0 Å². The number of aliphatic hydroxyl groups excluding tert-OH is 1. The van der Waals surface area contributed by atoms with Crippen molar-refractivity contribution in [2.24, 2.45) is 0 Å². The van der Waals surface area contributed by atoms with Crippen LogP contribution in [0.3, 0.4) is 0 Å². The fourth-order valence-corrected chi connectivity index (χ4v) is 3.80. The first-order valence-electron chi connectivity index (χ1n) is 6.11. The molecule has 0 aromatic heterocycles. The smallest absolute Gasteiger partial charge is 0.245 e. The zero-order valence-electron chi connectivity index (χ0n) is 11.0. The zero-order chi connectivity index (χ0) is 15.5. The second kappa shape index (κ2) is 6.45. The minimum absolute atomic E-state index is 0.0331. The Balaban J connectivity index is 2.34. The van der Waals surface area contributed by atoms with Crippen molar-refractivity contribution in [2.75, 3.05) is 26.2 Å². The van der Waals surface area contributed by atoms with E-state index in [1.807, 2.05) is 0 Å². The molecule has 112 valence electrons. The summed E-state index contributed by atoms with van der Waals surface area (Å²) in [4.78, 5) is 11.3. The van der Waals surface area contributed by atoms with Crippen LogP contribution < -0.4 is 5.32 Å². The van der Waals surface area contributed by atoms with E-state index in [2.05, 4.69) is 17.2 Å². The van der Waals surface area contributed by atoms with E-state index < -0.39 is 10.0 Å². The topological polar surface area (TPSA) is 86.7 Å². The van der Waals surface area contributed by atoms with Gasteiger partial charge in [0.25, 0.3) is 0 Å². The lowest BCUT2D eigenvalue weighted by atomic mass is 10.2. The first-order chi connectivity index (χ1) is 9.95. The third-order valence-corrected chi connectivity index (χ3v) is 5.19. The standard InChI is InChI=1S/C13H13ClN2O4S/c14-11-8-10(2-1-7-17)3-4-12(11)21(19,20)16-6-5-15-13(18)9-16/h3-4,8,17H,5-7,9H2,(H,15,18). The number of aliphatic hydroxyl groups is 1. The molecule has 0 bridgehead atoms. The van der Waals surface area contributed by atoms with Crippen LogP contribution in [0.4, 0.5) is 0 Å². The van der Waals surface area contributed by atoms with E-state index in [1.54, 1.807) is 0 Å². The number of carbonyl (C=O) groups excluding carboxylic acids is 1.